The lowest BCUT2D eigenvalue weighted by Gasteiger charge is -2.29. The van der Waals surface area contributed by atoms with Crippen molar-refractivity contribution in [2.75, 3.05) is 13.1 Å². The summed E-state index contributed by atoms with van der Waals surface area (Å²) in [5.74, 6) is -1.01. The molecule has 0 aliphatic rings. The highest BCUT2D eigenvalue weighted by Crippen LogP contribution is 2.30. The highest BCUT2D eigenvalue weighted by molar-refractivity contribution is 5.80. The molecular formula is C13H25NO3. The second kappa shape index (κ2) is 6.62. The van der Waals surface area contributed by atoms with Crippen molar-refractivity contribution in [2.24, 2.45) is 11.3 Å². The van der Waals surface area contributed by atoms with E-state index in [2.05, 4.69) is 0 Å². The number of rotatable bonds is 7. The Bertz CT molecular complexity index is 274. The van der Waals surface area contributed by atoms with Crippen LogP contribution in [0.15, 0.2) is 0 Å². The molecule has 0 bridgehead atoms. The van der Waals surface area contributed by atoms with Gasteiger partial charge >= 0.3 is 5.97 Å². The van der Waals surface area contributed by atoms with Gasteiger partial charge in [0.2, 0.25) is 5.91 Å². The van der Waals surface area contributed by atoms with Crippen molar-refractivity contribution in [2.45, 2.75) is 47.5 Å². The topological polar surface area (TPSA) is 57.6 Å². The Hall–Kier alpha value is -1.06. The number of carboxylic acids is 1. The van der Waals surface area contributed by atoms with Gasteiger partial charge in [-0.3, -0.25) is 9.59 Å². The summed E-state index contributed by atoms with van der Waals surface area (Å²) in [6, 6.07) is 0. The standard InChI is InChI=1S/C13H25NO3/c1-6-13(5,12(16)17)9-10(4)11(15)14(7-2)8-3/h10H,6-9H2,1-5H3,(H,16,17). The van der Waals surface area contributed by atoms with Crippen molar-refractivity contribution in [3.8, 4) is 0 Å². The maximum atomic E-state index is 12.1. The Morgan fingerprint density at radius 2 is 1.71 bits per heavy atom. The largest absolute Gasteiger partial charge is 0.481 e. The minimum atomic E-state index is -0.820. The zero-order valence-electron chi connectivity index (χ0n) is 11.6. The molecule has 0 fully saturated rings. The molecule has 1 N–H and O–H groups in total. The first-order valence-electron chi connectivity index (χ1n) is 6.34. The van der Waals surface area contributed by atoms with Crippen LogP contribution in [0.25, 0.3) is 0 Å². The van der Waals surface area contributed by atoms with Gasteiger partial charge in [0, 0.05) is 19.0 Å². The molecule has 100 valence electrons. The summed E-state index contributed by atoms with van der Waals surface area (Å²) in [5.41, 5.74) is -0.803. The van der Waals surface area contributed by atoms with Crippen molar-refractivity contribution in [3.05, 3.63) is 0 Å². The lowest BCUT2D eigenvalue weighted by molar-refractivity contribution is -0.150. The molecular weight excluding hydrogens is 218 g/mol. The van der Waals surface area contributed by atoms with E-state index >= 15 is 0 Å². The second-order valence-corrected chi connectivity index (χ2v) is 4.84. The summed E-state index contributed by atoms with van der Waals surface area (Å²) in [4.78, 5) is 25.0. The van der Waals surface area contributed by atoms with Crippen LogP contribution in [0.4, 0.5) is 0 Å². The van der Waals surface area contributed by atoms with E-state index in [4.69, 9.17) is 0 Å². The number of carbonyl (C=O) groups excluding carboxylic acids is 1. The van der Waals surface area contributed by atoms with Gasteiger partial charge in [0.25, 0.3) is 0 Å². The number of hydrogen-bond donors (Lipinski definition) is 1. The average Bonchev–Trinajstić information content (AvgIpc) is 2.29. The van der Waals surface area contributed by atoms with Gasteiger partial charge in [-0.15, -0.1) is 0 Å². The Labute approximate surface area is 104 Å². The van der Waals surface area contributed by atoms with Crippen LogP contribution in [0, 0.1) is 11.3 Å². The molecule has 0 aliphatic carbocycles. The first-order valence-corrected chi connectivity index (χ1v) is 6.34. The minimum absolute atomic E-state index is 0.0518. The van der Waals surface area contributed by atoms with Crippen LogP contribution in [0.3, 0.4) is 0 Å². The van der Waals surface area contributed by atoms with Crippen molar-refractivity contribution < 1.29 is 14.7 Å². The number of amides is 1. The van der Waals surface area contributed by atoms with E-state index < -0.39 is 11.4 Å². The number of nitrogens with zero attached hydrogens (tertiary/aromatic N) is 1. The van der Waals surface area contributed by atoms with Gasteiger partial charge in [0.1, 0.15) is 0 Å². The van der Waals surface area contributed by atoms with Crippen LogP contribution in [0.1, 0.15) is 47.5 Å². The normalized spacial score (nSPS) is 16.1. The Morgan fingerprint density at radius 1 is 1.24 bits per heavy atom. The third kappa shape index (κ3) is 4.02. The summed E-state index contributed by atoms with van der Waals surface area (Å²) >= 11 is 0. The smallest absolute Gasteiger partial charge is 0.309 e. The summed E-state index contributed by atoms with van der Waals surface area (Å²) in [6.07, 6.45) is 0.937. The van der Waals surface area contributed by atoms with Crippen LogP contribution in [-0.2, 0) is 9.59 Å². The van der Waals surface area contributed by atoms with Crippen molar-refractivity contribution in [1.82, 2.24) is 4.90 Å². The third-order valence-corrected chi connectivity index (χ3v) is 3.55. The van der Waals surface area contributed by atoms with E-state index in [1.165, 1.54) is 0 Å². The van der Waals surface area contributed by atoms with Gasteiger partial charge in [0.05, 0.1) is 5.41 Å². The first-order chi connectivity index (χ1) is 7.82. The molecule has 0 aromatic rings. The minimum Gasteiger partial charge on any atom is -0.481 e. The molecule has 0 aromatic carbocycles. The van der Waals surface area contributed by atoms with E-state index in [1.54, 1.807) is 11.8 Å². The second-order valence-electron chi connectivity index (χ2n) is 4.84. The predicted molar refractivity (Wildman–Crippen MR) is 67.7 cm³/mol. The molecule has 2 unspecified atom stereocenters. The summed E-state index contributed by atoms with van der Waals surface area (Å²) < 4.78 is 0. The molecule has 0 saturated carbocycles. The van der Waals surface area contributed by atoms with Gasteiger partial charge in [-0.2, -0.15) is 0 Å². The van der Waals surface area contributed by atoms with Crippen LogP contribution >= 0.6 is 0 Å². The third-order valence-electron chi connectivity index (χ3n) is 3.55. The molecule has 4 nitrogen and oxygen atoms in total. The van der Waals surface area contributed by atoms with Crippen LogP contribution < -0.4 is 0 Å². The number of carbonyl (C=O) groups is 2. The highest BCUT2D eigenvalue weighted by Gasteiger charge is 2.35. The Morgan fingerprint density at radius 3 is 2.00 bits per heavy atom. The van der Waals surface area contributed by atoms with Gasteiger partial charge in [-0.25, -0.2) is 0 Å². The molecule has 1 amide bonds. The van der Waals surface area contributed by atoms with E-state index in [0.717, 1.165) is 0 Å². The van der Waals surface area contributed by atoms with E-state index in [1.807, 2.05) is 27.7 Å². The van der Waals surface area contributed by atoms with E-state index in [0.29, 0.717) is 25.9 Å². The van der Waals surface area contributed by atoms with Crippen molar-refractivity contribution in [3.63, 3.8) is 0 Å². The zero-order valence-corrected chi connectivity index (χ0v) is 11.6. The zero-order chi connectivity index (χ0) is 13.6. The fourth-order valence-corrected chi connectivity index (χ4v) is 1.99. The van der Waals surface area contributed by atoms with Crippen LogP contribution in [0.5, 0.6) is 0 Å². The summed E-state index contributed by atoms with van der Waals surface area (Å²) in [5, 5.41) is 9.19. The lowest BCUT2D eigenvalue weighted by Crippen LogP contribution is -2.38. The molecule has 0 radical (unpaired) electrons. The molecule has 0 rings (SSSR count). The molecule has 0 aliphatic heterocycles. The van der Waals surface area contributed by atoms with Crippen molar-refractivity contribution in [1.29, 1.82) is 0 Å². The lowest BCUT2D eigenvalue weighted by atomic mass is 9.79. The Kier molecular flexibility index (Phi) is 6.21. The van der Waals surface area contributed by atoms with Gasteiger partial charge in [-0.05, 0) is 33.6 Å². The van der Waals surface area contributed by atoms with Gasteiger partial charge < -0.3 is 10.0 Å². The van der Waals surface area contributed by atoms with E-state index in [9.17, 15) is 14.7 Å². The molecule has 0 saturated heterocycles. The summed E-state index contributed by atoms with van der Waals surface area (Å²) in [7, 11) is 0. The molecule has 4 heteroatoms. The molecule has 0 spiro atoms. The average molecular weight is 243 g/mol. The fraction of sp³-hybridized carbons (Fsp3) is 0.846. The van der Waals surface area contributed by atoms with Gasteiger partial charge in [-0.1, -0.05) is 13.8 Å². The number of aliphatic carboxylic acids is 1. The van der Waals surface area contributed by atoms with E-state index in [-0.39, 0.29) is 11.8 Å². The van der Waals surface area contributed by atoms with Crippen LogP contribution in [0.2, 0.25) is 0 Å². The maximum Gasteiger partial charge on any atom is 0.309 e. The van der Waals surface area contributed by atoms with Crippen molar-refractivity contribution >= 4 is 11.9 Å². The molecule has 2 atom stereocenters. The molecule has 0 aromatic heterocycles. The SMILES string of the molecule is CCN(CC)C(=O)C(C)CC(C)(CC)C(=O)O. The first kappa shape index (κ1) is 15.9. The van der Waals surface area contributed by atoms with Crippen LogP contribution in [-0.4, -0.2) is 35.0 Å². The fourth-order valence-electron chi connectivity index (χ4n) is 1.99. The number of hydrogen-bond acceptors (Lipinski definition) is 2. The highest BCUT2D eigenvalue weighted by atomic mass is 16.4. The summed E-state index contributed by atoms with van der Waals surface area (Å²) in [6.45, 7) is 10.6. The monoisotopic (exact) mass is 243 g/mol. The quantitative estimate of drug-likeness (QED) is 0.747. The molecule has 17 heavy (non-hydrogen) atoms. The Balaban J connectivity index is 4.67. The maximum absolute atomic E-state index is 12.1. The predicted octanol–water partition coefficient (Wildman–Crippen LogP) is 2.38. The number of carboxylic acid groups (broad SMARTS) is 1. The molecule has 0 heterocycles. The van der Waals surface area contributed by atoms with Gasteiger partial charge in [0.15, 0.2) is 0 Å².